The van der Waals surface area contributed by atoms with Crippen molar-refractivity contribution in [1.82, 2.24) is 9.97 Å². The van der Waals surface area contributed by atoms with Gasteiger partial charge in [0.1, 0.15) is 5.82 Å². The number of esters is 1. The summed E-state index contributed by atoms with van der Waals surface area (Å²) in [5, 5.41) is 14.6. The van der Waals surface area contributed by atoms with Crippen molar-refractivity contribution in [2.24, 2.45) is 0 Å². The normalized spacial score (nSPS) is 14.9. The molecule has 10 heteroatoms. The van der Waals surface area contributed by atoms with Gasteiger partial charge in [-0.25, -0.2) is 9.78 Å². The highest BCUT2D eigenvalue weighted by atomic mass is 32.2. The summed E-state index contributed by atoms with van der Waals surface area (Å²) >= 11 is 1.39. The molecule has 33 heavy (non-hydrogen) atoms. The molecule has 1 aliphatic rings. The quantitative estimate of drug-likeness (QED) is 0.184. The minimum Gasteiger partial charge on any atom is -0.466 e. The molecule has 0 fully saturated rings. The molecule has 0 unspecified atom stereocenters. The molecule has 2 aromatic carbocycles. The van der Waals surface area contributed by atoms with E-state index in [1.54, 1.807) is 6.92 Å². The maximum Gasteiger partial charge on any atom is 0.336 e. The van der Waals surface area contributed by atoms with Gasteiger partial charge in [-0.1, -0.05) is 54.2 Å². The Morgan fingerprint density at radius 2 is 1.88 bits per heavy atom. The van der Waals surface area contributed by atoms with Crippen LogP contribution in [0.25, 0.3) is 0 Å². The van der Waals surface area contributed by atoms with Crippen LogP contribution in [0.5, 0.6) is 0 Å². The second kappa shape index (κ2) is 9.29. The smallest absolute Gasteiger partial charge is 0.336 e. The first-order valence-electron chi connectivity index (χ1n) is 10.0. The molecule has 0 amide bonds. The van der Waals surface area contributed by atoms with Crippen LogP contribution in [0, 0.1) is 10.1 Å². The van der Waals surface area contributed by atoms with E-state index >= 15 is 0 Å². The Bertz CT molecular complexity index is 1300. The monoisotopic (exact) mass is 464 g/mol. The van der Waals surface area contributed by atoms with E-state index in [4.69, 9.17) is 4.74 Å². The Balaban J connectivity index is 1.77. The van der Waals surface area contributed by atoms with Crippen LogP contribution < -0.4 is 10.9 Å². The summed E-state index contributed by atoms with van der Waals surface area (Å²) in [7, 11) is 1.26. The average molecular weight is 465 g/mol. The van der Waals surface area contributed by atoms with E-state index in [1.807, 2.05) is 30.3 Å². The Morgan fingerprint density at radius 3 is 2.52 bits per heavy atom. The van der Waals surface area contributed by atoms with Gasteiger partial charge in [0.2, 0.25) is 0 Å². The summed E-state index contributed by atoms with van der Waals surface area (Å²) in [6.45, 7) is 1.70. The number of fused-ring (bicyclic) bond motifs is 1. The number of nitro groups is 1. The Labute approximate surface area is 193 Å². The first kappa shape index (κ1) is 22.3. The summed E-state index contributed by atoms with van der Waals surface area (Å²) in [6.07, 6.45) is 0. The van der Waals surface area contributed by atoms with Gasteiger partial charge in [0.15, 0.2) is 5.16 Å². The zero-order valence-corrected chi connectivity index (χ0v) is 18.6. The van der Waals surface area contributed by atoms with Crippen LogP contribution in [-0.2, 0) is 15.3 Å². The molecule has 3 aromatic rings. The number of rotatable bonds is 6. The summed E-state index contributed by atoms with van der Waals surface area (Å²) in [4.78, 5) is 43.7. The molecule has 168 valence electrons. The number of nitro benzene ring substituents is 1. The van der Waals surface area contributed by atoms with Gasteiger partial charge in [-0.2, -0.15) is 0 Å². The fourth-order valence-electron chi connectivity index (χ4n) is 3.73. The van der Waals surface area contributed by atoms with Crippen LogP contribution in [0.1, 0.15) is 29.5 Å². The molecular formula is C23H20N4O5S. The van der Waals surface area contributed by atoms with Gasteiger partial charge < -0.3 is 15.0 Å². The third-order valence-corrected chi connectivity index (χ3v) is 6.23. The topological polar surface area (TPSA) is 127 Å². The number of aromatic amines is 1. The van der Waals surface area contributed by atoms with E-state index < -0.39 is 22.4 Å². The van der Waals surface area contributed by atoms with Gasteiger partial charge in [-0.05, 0) is 18.1 Å². The van der Waals surface area contributed by atoms with Crippen molar-refractivity contribution in [2.45, 2.75) is 23.8 Å². The number of thioether (sulfide) groups is 1. The van der Waals surface area contributed by atoms with Crippen molar-refractivity contribution in [3.05, 3.63) is 103 Å². The number of aromatic nitrogens is 2. The molecule has 2 N–H and O–H groups in total. The number of hydrogen-bond acceptors (Lipinski definition) is 8. The van der Waals surface area contributed by atoms with Gasteiger partial charge in [-0.15, -0.1) is 0 Å². The molecule has 2 heterocycles. The van der Waals surface area contributed by atoms with Crippen LogP contribution in [0.2, 0.25) is 0 Å². The second-order valence-corrected chi connectivity index (χ2v) is 8.31. The highest BCUT2D eigenvalue weighted by molar-refractivity contribution is 7.98. The second-order valence-electron chi connectivity index (χ2n) is 7.34. The Kier molecular flexibility index (Phi) is 6.27. The third kappa shape index (κ3) is 4.51. The zero-order valence-electron chi connectivity index (χ0n) is 17.8. The minimum atomic E-state index is -0.793. The summed E-state index contributed by atoms with van der Waals surface area (Å²) in [5.74, 6) is -0.436. The molecule has 0 aliphatic carbocycles. The van der Waals surface area contributed by atoms with E-state index in [1.165, 1.54) is 43.1 Å². The number of ether oxygens (including phenoxy) is 1. The number of methoxy groups -OCH3 is 1. The van der Waals surface area contributed by atoms with Crippen LogP contribution in [0.4, 0.5) is 11.5 Å². The van der Waals surface area contributed by atoms with E-state index in [2.05, 4.69) is 15.3 Å². The molecule has 1 atom stereocenters. The first-order valence-corrected chi connectivity index (χ1v) is 11.0. The number of non-ortho nitro benzene ring substituents is 1. The molecule has 0 radical (unpaired) electrons. The molecule has 1 aromatic heterocycles. The third-order valence-electron chi connectivity index (χ3n) is 5.28. The van der Waals surface area contributed by atoms with E-state index in [0.717, 1.165) is 5.56 Å². The Morgan fingerprint density at radius 1 is 1.18 bits per heavy atom. The lowest BCUT2D eigenvalue weighted by atomic mass is 9.82. The minimum absolute atomic E-state index is 0.0899. The van der Waals surface area contributed by atoms with Crippen LogP contribution in [-0.4, -0.2) is 28.0 Å². The highest BCUT2D eigenvalue weighted by Gasteiger charge is 2.36. The zero-order chi connectivity index (χ0) is 23.5. The summed E-state index contributed by atoms with van der Waals surface area (Å²) in [6, 6.07) is 15.5. The molecule has 0 bridgehead atoms. The number of nitrogens with one attached hydrogen (secondary N) is 2. The maximum absolute atomic E-state index is 13.2. The molecule has 1 aliphatic heterocycles. The van der Waals surface area contributed by atoms with E-state index in [9.17, 15) is 19.7 Å². The number of allylic oxidation sites excluding steroid dienone is 1. The fourth-order valence-corrected chi connectivity index (χ4v) is 4.54. The van der Waals surface area contributed by atoms with Crippen LogP contribution >= 0.6 is 11.8 Å². The van der Waals surface area contributed by atoms with Gasteiger partial charge in [-0.3, -0.25) is 14.9 Å². The predicted octanol–water partition coefficient (Wildman–Crippen LogP) is 3.97. The van der Waals surface area contributed by atoms with Crippen molar-refractivity contribution in [3.63, 3.8) is 0 Å². The number of anilines is 1. The van der Waals surface area contributed by atoms with Gasteiger partial charge in [0.25, 0.3) is 11.2 Å². The standard InChI is InChI=1S/C23H20N4O5S/c1-13-17(22(29)32-2)18(15-8-10-16(11-9-15)27(30)31)19-20(24-13)25-23(26-21(19)28)33-12-14-6-4-3-5-7-14/h3-11,18H,12H2,1-2H3,(H2,24,25,26,28)/t18-/m0/s1. The number of hydrogen-bond donors (Lipinski definition) is 2. The molecule has 9 nitrogen and oxygen atoms in total. The maximum atomic E-state index is 13.2. The average Bonchev–Trinajstić information content (AvgIpc) is 2.82. The van der Waals surface area contributed by atoms with Crippen molar-refractivity contribution >= 4 is 29.2 Å². The van der Waals surface area contributed by atoms with Gasteiger partial charge in [0.05, 0.1) is 29.1 Å². The molecule has 0 saturated carbocycles. The van der Waals surface area contributed by atoms with Crippen LogP contribution in [0.15, 0.2) is 75.8 Å². The SMILES string of the molecule is COC(=O)C1=C(C)Nc2nc(SCc3ccccc3)[nH]c(=O)c2[C@H]1c1ccc([N+](=O)[O-])cc1. The lowest BCUT2D eigenvalue weighted by Gasteiger charge is -2.28. The van der Waals surface area contributed by atoms with Crippen molar-refractivity contribution in [1.29, 1.82) is 0 Å². The Hall–Kier alpha value is -3.92. The van der Waals surface area contributed by atoms with Crippen molar-refractivity contribution in [2.75, 3.05) is 12.4 Å². The fraction of sp³-hybridized carbons (Fsp3) is 0.174. The van der Waals surface area contributed by atoms with Crippen molar-refractivity contribution < 1.29 is 14.5 Å². The van der Waals surface area contributed by atoms with Gasteiger partial charge >= 0.3 is 5.97 Å². The van der Waals surface area contributed by atoms with E-state index in [-0.39, 0.29) is 16.8 Å². The largest absolute Gasteiger partial charge is 0.466 e. The molecule has 4 rings (SSSR count). The number of H-pyrrole nitrogens is 1. The molecule has 0 saturated heterocycles. The van der Waals surface area contributed by atoms with Crippen LogP contribution in [0.3, 0.4) is 0 Å². The molecular weight excluding hydrogens is 444 g/mol. The highest BCUT2D eigenvalue weighted by Crippen LogP contribution is 2.40. The van der Waals surface area contributed by atoms with E-state index in [0.29, 0.717) is 28.0 Å². The lowest BCUT2D eigenvalue weighted by molar-refractivity contribution is -0.384. The number of carbonyl (C=O) groups excluding carboxylic acids is 1. The van der Waals surface area contributed by atoms with Gasteiger partial charge in [0, 0.05) is 23.6 Å². The van der Waals surface area contributed by atoms with Crippen molar-refractivity contribution in [3.8, 4) is 0 Å². The number of benzene rings is 2. The first-order chi connectivity index (χ1) is 15.9. The summed E-state index contributed by atoms with van der Waals surface area (Å²) in [5.41, 5.74) is 2.13. The predicted molar refractivity (Wildman–Crippen MR) is 124 cm³/mol. The number of nitrogens with zero attached hydrogens (tertiary/aromatic N) is 2. The molecule has 0 spiro atoms. The number of carbonyl (C=O) groups is 1. The summed E-state index contributed by atoms with van der Waals surface area (Å²) < 4.78 is 4.96. The lowest BCUT2D eigenvalue weighted by Crippen LogP contribution is -2.31.